The molecule has 0 radical (unpaired) electrons. The first-order chi connectivity index (χ1) is 20.2. The molecule has 1 saturated heterocycles. The molecule has 3 rings (SSSR count). The van der Waals surface area contributed by atoms with Crippen molar-refractivity contribution in [3.8, 4) is 0 Å². The zero-order valence-electron chi connectivity index (χ0n) is 25.1. The number of piperidine rings is 1. The third kappa shape index (κ3) is 8.92. The van der Waals surface area contributed by atoms with Crippen LogP contribution in [-0.4, -0.2) is 55.8 Å². The predicted molar refractivity (Wildman–Crippen MR) is 164 cm³/mol. The van der Waals surface area contributed by atoms with Gasteiger partial charge in [-0.1, -0.05) is 30.1 Å². The summed E-state index contributed by atoms with van der Waals surface area (Å²) < 4.78 is 73.7. The number of anilines is 1. The van der Waals surface area contributed by atoms with Gasteiger partial charge in [-0.25, -0.2) is 13.2 Å². The SMILES string of the molecule is CCS(=O)(=O)c1c(C)cc(Cl)cc1CNC(=O)c1cc(C(F)(F)F)c(CN2CCC[C@@H](NC(=O)OC(C)(C)C)C2)c(Cl)c1N. The maximum atomic E-state index is 14.3. The molecule has 9 nitrogen and oxygen atoms in total. The minimum absolute atomic E-state index is 0.0111. The number of hydrogen-bond acceptors (Lipinski definition) is 7. The van der Waals surface area contributed by atoms with Gasteiger partial charge in [0.15, 0.2) is 9.84 Å². The second kappa shape index (κ2) is 13.7. The van der Waals surface area contributed by atoms with Crippen LogP contribution < -0.4 is 16.4 Å². The van der Waals surface area contributed by atoms with Gasteiger partial charge in [0.05, 0.1) is 32.5 Å². The van der Waals surface area contributed by atoms with Gasteiger partial charge in [0.2, 0.25) is 0 Å². The highest BCUT2D eigenvalue weighted by molar-refractivity contribution is 7.91. The molecule has 2 aromatic rings. The highest BCUT2D eigenvalue weighted by Crippen LogP contribution is 2.40. The monoisotopic (exact) mass is 680 g/mol. The lowest BCUT2D eigenvalue weighted by Crippen LogP contribution is -2.48. The van der Waals surface area contributed by atoms with Crippen molar-refractivity contribution in [3.63, 3.8) is 0 Å². The molecule has 44 heavy (non-hydrogen) atoms. The fraction of sp³-hybridized carbons (Fsp3) is 0.517. The van der Waals surface area contributed by atoms with Crippen molar-refractivity contribution in [2.24, 2.45) is 0 Å². The van der Waals surface area contributed by atoms with E-state index in [1.54, 1.807) is 32.6 Å². The number of alkyl halides is 3. The fourth-order valence-electron chi connectivity index (χ4n) is 5.11. The number of hydrogen-bond donors (Lipinski definition) is 3. The highest BCUT2D eigenvalue weighted by Gasteiger charge is 2.38. The molecule has 244 valence electrons. The Hall–Kier alpha value is -2.74. The summed E-state index contributed by atoms with van der Waals surface area (Å²) in [6.45, 7) is 8.33. The Labute approximate surface area is 265 Å². The predicted octanol–water partition coefficient (Wildman–Crippen LogP) is 6.12. The normalized spacial score (nSPS) is 16.5. The van der Waals surface area contributed by atoms with Crippen LogP contribution in [-0.2, 0) is 33.8 Å². The molecule has 15 heteroatoms. The summed E-state index contributed by atoms with van der Waals surface area (Å²) in [4.78, 5) is 27.1. The Kier molecular flexibility index (Phi) is 11.1. The largest absolute Gasteiger partial charge is 0.444 e. The molecule has 1 aliphatic rings. The van der Waals surface area contributed by atoms with Gasteiger partial charge in [0.25, 0.3) is 5.91 Å². The number of amides is 2. The number of nitrogens with one attached hydrogen (secondary N) is 2. The van der Waals surface area contributed by atoms with E-state index in [4.69, 9.17) is 33.7 Å². The van der Waals surface area contributed by atoms with E-state index in [2.05, 4.69) is 10.6 Å². The van der Waals surface area contributed by atoms with Gasteiger partial charge in [0, 0.05) is 30.7 Å². The van der Waals surface area contributed by atoms with Crippen LogP contribution in [0, 0.1) is 6.92 Å². The number of likely N-dealkylation sites (tertiary alicyclic amines) is 1. The second-order valence-corrected chi connectivity index (χ2v) is 14.7. The van der Waals surface area contributed by atoms with Gasteiger partial charge in [0.1, 0.15) is 5.60 Å². The Bertz CT molecular complexity index is 1530. The molecule has 4 N–H and O–H groups in total. The van der Waals surface area contributed by atoms with Gasteiger partial charge in [-0.3, -0.25) is 9.69 Å². The van der Waals surface area contributed by atoms with E-state index in [0.29, 0.717) is 31.0 Å². The van der Waals surface area contributed by atoms with Crippen molar-refractivity contribution in [3.05, 3.63) is 56.1 Å². The van der Waals surface area contributed by atoms with E-state index in [1.165, 1.54) is 19.1 Å². The number of halogens is 5. The molecular weight excluding hydrogens is 644 g/mol. The van der Waals surface area contributed by atoms with Gasteiger partial charge >= 0.3 is 12.3 Å². The quantitative estimate of drug-likeness (QED) is 0.287. The van der Waals surface area contributed by atoms with E-state index in [9.17, 15) is 31.2 Å². The summed E-state index contributed by atoms with van der Waals surface area (Å²) in [6, 6.07) is 3.14. The number of rotatable bonds is 8. The molecule has 1 atom stereocenters. The van der Waals surface area contributed by atoms with Crippen molar-refractivity contribution in [1.82, 2.24) is 15.5 Å². The maximum absolute atomic E-state index is 14.3. The summed E-state index contributed by atoms with van der Waals surface area (Å²) in [6.07, 6.45) is -4.28. The Balaban J connectivity index is 1.88. The first kappa shape index (κ1) is 35.7. The molecule has 0 unspecified atom stereocenters. The first-order valence-electron chi connectivity index (χ1n) is 13.9. The number of sulfone groups is 1. The van der Waals surface area contributed by atoms with E-state index >= 15 is 0 Å². The smallest absolute Gasteiger partial charge is 0.416 e. The van der Waals surface area contributed by atoms with Crippen molar-refractivity contribution in [2.45, 2.75) is 83.3 Å². The van der Waals surface area contributed by atoms with Crippen molar-refractivity contribution in [1.29, 1.82) is 0 Å². The average molecular weight is 682 g/mol. The standard InChI is InChI=1S/C29H37Cl2F3N4O5S/c1-6-44(41,42)25-16(2)10-18(30)11-17(25)13-36-26(39)20-12-22(29(32,33)34)21(23(31)24(20)35)15-38-9-7-8-19(14-38)37-27(40)43-28(3,4)5/h10-12,19H,6-9,13-15,35H2,1-5H3,(H,36,39)(H,37,40)/t19-/m1/s1. The maximum Gasteiger partial charge on any atom is 0.416 e. The average Bonchev–Trinajstić information content (AvgIpc) is 2.87. The number of nitrogens with two attached hydrogens (primary N) is 1. The first-order valence-corrected chi connectivity index (χ1v) is 16.3. The summed E-state index contributed by atoms with van der Waals surface area (Å²) >= 11 is 12.5. The minimum Gasteiger partial charge on any atom is -0.444 e. The molecule has 1 fully saturated rings. The number of ether oxygens (including phenoxy) is 1. The van der Waals surface area contributed by atoms with Crippen LogP contribution in [0.25, 0.3) is 0 Å². The molecule has 1 aliphatic heterocycles. The number of alkyl carbamates (subject to hydrolysis) is 1. The molecule has 1 heterocycles. The van der Waals surface area contributed by atoms with Crippen LogP contribution in [0.4, 0.5) is 23.7 Å². The van der Waals surface area contributed by atoms with Crippen LogP contribution in [0.15, 0.2) is 23.1 Å². The van der Waals surface area contributed by atoms with E-state index in [1.807, 2.05) is 0 Å². The molecule has 0 bridgehead atoms. The van der Waals surface area contributed by atoms with Crippen molar-refractivity contribution in [2.75, 3.05) is 24.6 Å². The minimum atomic E-state index is -4.88. The third-order valence-electron chi connectivity index (χ3n) is 7.01. The third-order valence-corrected chi connectivity index (χ3v) is 9.63. The van der Waals surface area contributed by atoms with E-state index in [-0.39, 0.29) is 58.2 Å². The number of aryl methyl sites for hydroxylation is 1. The van der Waals surface area contributed by atoms with Crippen molar-refractivity contribution < 1.29 is 35.9 Å². The molecule has 0 spiro atoms. The van der Waals surface area contributed by atoms with E-state index in [0.717, 1.165) is 0 Å². The number of benzene rings is 2. The fourth-order valence-corrected chi connectivity index (χ4v) is 7.04. The number of nitrogens with zero attached hydrogens (tertiary/aromatic N) is 1. The van der Waals surface area contributed by atoms with Crippen LogP contribution in [0.3, 0.4) is 0 Å². The number of carbonyl (C=O) groups excluding carboxylic acids is 2. The Morgan fingerprint density at radius 1 is 1.16 bits per heavy atom. The van der Waals surface area contributed by atoms with Gasteiger partial charge < -0.3 is 21.1 Å². The number of nitrogen functional groups attached to an aromatic ring is 1. The zero-order valence-corrected chi connectivity index (χ0v) is 27.5. The summed E-state index contributed by atoms with van der Waals surface area (Å²) in [5.74, 6) is -1.18. The van der Waals surface area contributed by atoms with Gasteiger partial charge in [-0.05, 0) is 82.0 Å². The lowest BCUT2D eigenvalue weighted by molar-refractivity contribution is -0.138. The molecule has 0 aromatic heterocycles. The number of carbonyl (C=O) groups is 2. The Morgan fingerprint density at radius 3 is 2.41 bits per heavy atom. The topological polar surface area (TPSA) is 131 Å². The summed E-state index contributed by atoms with van der Waals surface area (Å²) in [5.41, 5.74) is 3.69. The molecule has 2 amide bonds. The van der Waals surface area contributed by atoms with Gasteiger partial charge in [-0.2, -0.15) is 13.2 Å². The highest BCUT2D eigenvalue weighted by atomic mass is 35.5. The lowest BCUT2D eigenvalue weighted by Gasteiger charge is -2.34. The van der Waals surface area contributed by atoms with Crippen LogP contribution in [0.5, 0.6) is 0 Å². The van der Waals surface area contributed by atoms with Crippen molar-refractivity contribution >= 4 is 50.7 Å². The zero-order chi connectivity index (χ0) is 33.2. The summed E-state index contributed by atoms with van der Waals surface area (Å²) in [5, 5.41) is 5.03. The molecule has 0 aliphatic carbocycles. The van der Waals surface area contributed by atoms with Crippen LogP contribution >= 0.6 is 23.2 Å². The molecule has 2 aromatic carbocycles. The lowest BCUT2D eigenvalue weighted by atomic mass is 9.98. The van der Waals surface area contributed by atoms with E-state index < -0.39 is 49.8 Å². The summed E-state index contributed by atoms with van der Waals surface area (Å²) in [7, 11) is -3.71. The molecule has 0 saturated carbocycles. The second-order valence-electron chi connectivity index (χ2n) is 11.7. The Morgan fingerprint density at radius 2 is 1.82 bits per heavy atom. The molecular formula is C29H37Cl2F3N4O5S. The van der Waals surface area contributed by atoms with Crippen LogP contribution in [0.1, 0.15) is 73.1 Å². The van der Waals surface area contributed by atoms with Gasteiger partial charge in [-0.15, -0.1) is 0 Å². The van der Waals surface area contributed by atoms with Crippen LogP contribution in [0.2, 0.25) is 10.0 Å².